The molecule has 1 N–H and O–H groups in total. The summed E-state index contributed by atoms with van der Waals surface area (Å²) in [6.07, 6.45) is 1.60. The molecule has 0 radical (unpaired) electrons. The predicted molar refractivity (Wildman–Crippen MR) is 93.2 cm³/mol. The third kappa shape index (κ3) is 3.08. The van der Waals surface area contributed by atoms with Gasteiger partial charge in [0, 0.05) is 11.6 Å². The van der Waals surface area contributed by atoms with Gasteiger partial charge in [-0.2, -0.15) is 0 Å². The van der Waals surface area contributed by atoms with Crippen LogP contribution in [0.3, 0.4) is 0 Å². The molecular weight excluding hydrogens is 372 g/mol. The van der Waals surface area contributed by atoms with Crippen molar-refractivity contribution in [2.45, 2.75) is 4.90 Å². The number of methoxy groups -OCH3 is 1. The van der Waals surface area contributed by atoms with Crippen molar-refractivity contribution in [3.8, 4) is 0 Å². The zero-order chi connectivity index (χ0) is 17.3. The zero-order valence-corrected chi connectivity index (χ0v) is 14.7. The number of nitrogens with one attached hydrogen (secondary N) is 1. The molecule has 0 unspecified atom stereocenters. The predicted octanol–water partition coefficient (Wildman–Crippen LogP) is 3.54. The van der Waals surface area contributed by atoms with Crippen LogP contribution in [0.25, 0.3) is 10.2 Å². The Labute approximate surface area is 147 Å². The number of esters is 1. The molecule has 6 nitrogen and oxygen atoms in total. The Bertz CT molecular complexity index is 1030. The van der Waals surface area contributed by atoms with Crippen LogP contribution in [-0.2, 0) is 14.8 Å². The SMILES string of the molecule is COC(=O)c1cccc(S(=O)(=O)Nc2sc3ncccc3c2Cl)c1. The van der Waals surface area contributed by atoms with Crippen LogP contribution in [0.1, 0.15) is 10.4 Å². The van der Waals surface area contributed by atoms with Crippen molar-refractivity contribution in [1.82, 2.24) is 4.98 Å². The number of benzene rings is 1. The fourth-order valence-corrected chi connectivity index (χ4v) is 4.77. The third-order valence-electron chi connectivity index (χ3n) is 3.20. The molecule has 2 heterocycles. The summed E-state index contributed by atoms with van der Waals surface area (Å²) in [6, 6.07) is 9.05. The lowest BCUT2D eigenvalue weighted by Gasteiger charge is -2.07. The Balaban J connectivity index is 1.99. The molecule has 0 spiro atoms. The largest absolute Gasteiger partial charge is 0.465 e. The number of fused-ring (bicyclic) bond motifs is 1. The number of nitrogens with zero attached hydrogens (tertiary/aromatic N) is 1. The normalized spacial score (nSPS) is 11.4. The molecule has 0 aliphatic carbocycles. The van der Waals surface area contributed by atoms with Gasteiger partial charge in [0.25, 0.3) is 10.0 Å². The molecule has 3 aromatic rings. The van der Waals surface area contributed by atoms with Gasteiger partial charge in [-0.05, 0) is 30.3 Å². The van der Waals surface area contributed by atoms with Crippen molar-refractivity contribution in [3.63, 3.8) is 0 Å². The lowest BCUT2D eigenvalue weighted by atomic mass is 10.2. The van der Waals surface area contributed by atoms with Crippen LogP contribution < -0.4 is 4.72 Å². The zero-order valence-electron chi connectivity index (χ0n) is 12.3. The van der Waals surface area contributed by atoms with Gasteiger partial charge in [-0.3, -0.25) is 4.72 Å². The van der Waals surface area contributed by atoms with E-state index in [-0.39, 0.29) is 20.5 Å². The Morgan fingerprint density at radius 2 is 2.08 bits per heavy atom. The van der Waals surface area contributed by atoms with E-state index in [0.717, 1.165) is 11.3 Å². The van der Waals surface area contributed by atoms with E-state index in [1.54, 1.807) is 18.3 Å². The number of carbonyl (C=O) groups excluding carboxylic acids is 1. The molecule has 124 valence electrons. The minimum Gasteiger partial charge on any atom is -0.465 e. The molecular formula is C15H11ClN2O4S2. The molecule has 0 saturated carbocycles. The number of carbonyl (C=O) groups is 1. The summed E-state index contributed by atoms with van der Waals surface area (Å²) >= 11 is 7.36. The molecule has 3 rings (SSSR count). The minimum absolute atomic E-state index is 0.0631. The van der Waals surface area contributed by atoms with E-state index in [1.807, 2.05) is 0 Å². The smallest absolute Gasteiger partial charge is 0.337 e. The summed E-state index contributed by atoms with van der Waals surface area (Å²) in [4.78, 5) is 16.3. The number of rotatable bonds is 4. The third-order valence-corrected chi connectivity index (χ3v) is 6.21. The van der Waals surface area contributed by atoms with Gasteiger partial charge < -0.3 is 4.74 Å². The molecule has 0 aliphatic heterocycles. The lowest BCUT2D eigenvalue weighted by Crippen LogP contribution is -2.13. The Hall–Kier alpha value is -2.16. The summed E-state index contributed by atoms with van der Waals surface area (Å²) in [7, 11) is -2.68. The molecule has 0 bridgehead atoms. The first kappa shape index (κ1) is 16.7. The molecule has 1 aromatic carbocycles. The maximum Gasteiger partial charge on any atom is 0.337 e. The van der Waals surface area contributed by atoms with Gasteiger partial charge in [0.1, 0.15) is 9.83 Å². The monoisotopic (exact) mass is 382 g/mol. The second kappa shape index (κ2) is 6.39. The number of anilines is 1. The molecule has 0 aliphatic rings. The van der Waals surface area contributed by atoms with Gasteiger partial charge >= 0.3 is 5.97 Å². The van der Waals surface area contributed by atoms with Crippen molar-refractivity contribution in [3.05, 3.63) is 53.2 Å². The highest BCUT2D eigenvalue weighted by Gasteiger charge is 2.20. The second-order valence-electron chi connectivity index (χ2n) is 4.73. The summed E-state index contributed by atoms with van der Waals surface area (Å²) < 4.78 is 32.2. The summed E-state index contributed by atoms with van der Waals surface area (Å²) in [5.41, 5.74) is 0.143. The first-order chi connectivity index (χ1) is 11.4. The van der Waals surface area contributed by atoms with Crippen molar-refractivity contribution in [2.24, 2.45) is 0 Å². The van der Waals surface area contributed by atoms with Crippen LogP contribution >= 0.6 is 22.9 Å². The summed E-state index contributed by atoms with van der Waals surface area (Å²) in [5.74, 6) is -0.615. The maximum atomic E-state index is 12.6. The van der Waals surface area contributed by atoms with E-state index in [0.29, 0.717) is 10.2 Å². The lowest BCUT2D eigenvalue weighted by molar-refractivity contribution is 0.0600. The number of hydrogen-bond acceptors (Lipinski definition) is 6. The average molecular weight is 383 g/mol. The number of sulfonamides is 1. The van der Waals surface area contributed by atoms with Gasteiger partial charge in [-0.15, -0.1) is 0 Å². The minimum atomic E-state index is -3.91. The van der Waals surface area contributed by atoms with E-state index < -0.39 is 16.0 Å². The van der Waals surface area contributed by atoms with Gasteiger partial charge in [0.2, 0.25) is 0 Å². The molecule has 9 heteroatoms. The van der Waals surface area contributed by atoms with Crippen LogP contribution in [0.5, 0.6) is 0 Å². The van der Waals surface area contributed by atoms with Crippen molar-refractivity contribution < 1.29 is 17.9 Å². The highest BCUT2D eigenvalue weighted by molar-refractivity contribution is 7.93. The molecule has 0 atom stereocenters. The van der Waals surface area contributed by atoms with Crippen molar-refractivity contribution in [1.29, 1.82) is 0 Å². The topological polar surface area (TPSA) is 85.4 Å². The van der Waals surface area contributed by atoms with E-state index in [9.17, 15) is 13.2 Å². The number of halogens is 1. The number of thiophene rings is 1. The van der Waals surface area contributed by atoms with Crippen molar-refractivity contribution in [2.75, 3.05) is 11.8 Å². The Kier molecular flexibility index (Phi) is 4.44. The van der Waals surface area contributed by atoms with Crippen LogP contribution in [-0.4, -0.2) is 26.5 Å². The molecule has 24 heavy (non-hydrogen) atoms. The first-order valence-electron chi connectivity index (χ1n) is 6.66. The van der Waals surface area contributed by atoms with Gasteiger partial charge in [0.15, 0.2) is 0 Å². The molecule has 0 saturated heterocycles. The van der Waals surface area contributed by atoms with E-state index >= 15 is 0 Å². The highest BCUT2D eigenvalue weighted by atomic mass is 35.5. The van der Waals surface area contributed by atoms with Crippen molar-refractivity contribution >= 4 is 54.1 Å². The van der Waals surface area contributed by atoms with E-state index in [2.05, 4.69) is 14.4 Å². The number of pyridine rings is 1. The van der Waals surface area contributed by atoms with Crippen LogP contribution in [0.4, 0.5) is 5.00 Å². The summed E-state index contributed by atoms with van der Waals surface area (Å²) in [6.45, 7) is 0. The number of hydrogen-bond donors (Lipinski definition) is 1. The van der Waals surface area contributed by atoms with Crippen LogP contribution in [0.15, 0.2) is 47.5 Å². The fraction of sp³-hybridized carbons (Fsp3) is 0.0667. The van der Waals surface area contributed by atoms with Gasteiger partial charge in [-0.25, -0.2) is 18.2 Å². The Morgan fingerprint density at radius 1 is 1.29 bits per heavy atom. The second-order valence-corrected chi connectivity index (χ2v) is 7.79. The fourth-order valence-electron chi connectivity index (χ4n) is 2.06. The quantitative estimate of drug-likeness (QED) is 0.697. The summed E-state index contributed by atoms with van der Waals surface area (Å²) in [5, 5.41) is 1.23. The standard InChI is InChI=1S/C15H11ClN2O4S2/c1-22-15(19)9-4-2-5-10(8-9)24(20,21)18-14-12(16)11-6-3-7-17-13(11)23-14/h2-8,18H,1H3. The molecule has 0 amide bonds. The van der Waals surface area contributed by atoms with Crippen LogP contribution in [0.2, 0.25) is 5.02 Å². The number of aromatic nitrogens is 1. The van der Waals surface area contributed by atoms with Crippen LogP contribution in [0, 0.1) is 0 Å². The number of ether oxygens (including phenoxy) is 1. The van der Waals surface area contributed by atoms with Gasteiger partial charge in [0.05, 0.1) is 22.6 Å². The van der Waals surface area contributed by atoms with Gasteiger partial charge in [-0.1, -0.05) is 29.0 Å². The Morgan fingerprint density at radius 3 is 2.79 bits per heavy atom. The first-order valence-corrected chi connectivity index (χ1v) is 9.34. The molecule has 0 fully saturated rings. The van der Waals surface area contributed by atoms with E-state index in [4.69, 9.17) is 11.6 Å². The van der Waals surface area contributed by atoms with E-state index in [1.165, 1.54) is 31.4 Å². The highest BCUT2D eigenvalue weighted by Crippen LogP contribution is 2.39. The maximum absolute atomic E-state index is 12.6. The average Bonchev–Trinajstić information content (AvgIpc) is 2.90. The molecule has 2 aromatic heterocycles.